The molecule has 0 saturated carbocycles. The molecule has 110 valence electrons. The summed E-state index contributed by atoms with van der Waals surface area (Å²) < 4.78 is 26.1. The maximum absolute atomic E-state index is 11.6. The zero-order chi connectivity index (χ0) is 15.5. The first kappa shape index (κ1) is 17.1. The van der Waals surface area contributed by atoms with E-state index in [4.69, 9.17) is 0 Å². The third kappa shape index (κ3) is 5.22. The molecule has 2 N–H and O–H groups in total. The van der Waals surface area contributed by atoms with Crippen LogP contribution in [0.3, 0.4) is 0 Å². The van der Waals surface area contributed by atoms with E-state index in [0.29, 0.717) is 5.69 Å². The summed E-state index contributed by atoms with van der Waals surface area (Å²) in [6.45, 7) is 2.94. The van der Waals surface area contributed by atoms with Gasteiger partial charge in [-0.2, -0.15) is 0 Å². The molecule has 0 radical (unpaired) electrons. The van der Waals surface area contributed by atoms with Crippen molar-refractivity contribution in [3.05, 3.63) is 26.6 Å². The highest BCUT2D eigenvalue weighted by Crippen LogP contribution is 2.28. The van der Waals surface area contributed by atoms with Crippen LogP contribution in [0, 0.1) is 6.92 Å². The summed E-state index contributed by atoms with van der Waals surface area (Å²) in [5.74, 6) is -2.30. The Labute approximate surface area is 133 Å². The second-order valence-electron chi connectivity index (χ2n) is 4.03. The van der Waals surface area contributed by atoms with Crippen molar-refractivity contribution in [2.24, 2.45) is 0 Å². The number of carbonyl (C=O) groups is 2. The highest BCUT2D eigenvalue weighted by atomic mass is 79.9. The number of benzene rings is 1. The fourth-order valence-corrected chi connectivity index (χ4v) is 3.46. The predicted octanol–water partition coefficient (Wildman–Crippen LogP) is 1.92. The van der Waals surface area contributed by atoms with Crippen LogP contribution in [0.15, 0.2) is 21.1 Å². The lowest BCUT2D eigenvalue weighted by atomic mass is 10.2. The van der Waals surface area contributed by atoms with Gasteiger partial charge in [0.1, 0.15) is 5.75 Å². The van der Waals surface area contributed by atoms with Crippen molar-refractivity contribution in [1.29, 1.82) is 0 Å². The average molecular weight is 428 g/mol. The number of anilines is 1. The van der Waals surface area contributed by atoms with Crippen LogP contribution in [-0.2, 0) is 19.6 Å². The quantitative estimate of drug-likeness (QED) is 0.767. The maximum Gasteiger partial charge on any atom is 0.243 e. The molecular formula is C11H12Br2N2O4S. The van der Waals surface area contributed by atoms with Crippen molar-refractivity contribution in [3.8, 4) is 0 Å². The van der Waals surface area contributed by atoms with E-state index in [0.717, 1.165) is 21.4 Å². The topological polar surface area (TPSA) is 92.3 Å². The van der Waals surface area contributed by atoms with E-state index in [2.05, 4.69) is 37.2 Å². The molecule has 1 aromatic rings. The molecule has 0 fully saturated rings. The van der Waals surface area contributed by atoms with Crippen molar-refractivity contribution in [2.75, 3.05) is 11.1 Å². The lowest BCUT2D eigenvalue weighted by molar-refractivity contribution is -0.117. The first-order valence-electron chi connectivity index (χ1n) is 5.37. The van der Waals surface area contributed by atoms with E-state index in [9.17, 15) is 18.0 Å². The summed E-state index contributed by atoms with van der Waals surface area (Å²) in [7, 11) is -3.96. The van der Waals surface area contributed by atoms with E-state index in [1.165, 1.54) is 0 Å². The smallest absolute Gasteiger partial charge is 0.243 e. The van der Waals surface area contributed by atoms with Crippen molar-refractivity contribution >= 4 is 59.4 Å². The number of halogens is 2. The second kappa shape index (κ2) is 6.68. The summed E-state index contributed by atoms with van der Waals surface area (Å²) in [5.41, 5.74) is 1.39. The first-order valence-corrected chi connectivity index (χ1v) is 8.61. The molecule has 0 atom stereocenters. The van der Waals surface area contributed by atoms with Crippen LogP contribution in [0.4, 0.5) is 5.69 Å². The van der Waals surface area contributed by atoms with Gasteiger partial charge in [0.05, 0.1) is 0 Å². The molecule has 0 aromatic heterocycles. The number of carbonyl (C=O) groups excluding carboxylic acids is 2. The predicted molar refractivity (Wildman–Crippen MR) is 82.8 cm³/mol. The molecule has 9 heteroatoms. The van der Waals surface area contributed by atoms with E-state index < -0.39 is 27.6 Å². The molecule has 0 spiro atoms. The Hall–Kier alpha value is -0.930. The van der Waals surface area contributed by atoms with Crippen molar-refractivity contribution in [2.45, 2.75) is 13.8 Å². The summed E-state index contributed by atoms with van der Waals surface area (Å²) in [4.78, 5) is 22.3. The van der Waals surface area contributed by atoms with Crippen LogP contribution < -0.4 is 10.0 Å². The van der Waals surface area contributed by atoms with Gasteiger partial charge < -0.3 is 5.32 Å². The molecule has 0 aliphatic rings. The SMILES string of the molecule is CC(=O)NS(=O)(=O)CC(=O)Nc1cc(Br)c(C)c(Br)c1. The Bertz CT molecular complexity index is 635. The van der Waals surface area contributed by atoms with Crippen LogP contribution in [0.2, 0.25) is 0 Å². The number of nitrogens with one attached hydrogen (secondary N) is 2. The molecule has 0 heterocycles. The van der Waals surface area contributed by atoms with Gasteiger partial charge in [0.25, 0.3) is 0 Å². The third-order valence-corrected chi connectivity index (χ3v) is 5.07. The fraction of sp³-hybridized carbons (Fsp3) is 0.273. The Morgan fingerprint density at radius 2 is 1.70 bits per heavy atom. The van der Waals surface area contributed by atoms with Gasteiger partial charge in [-0.15, -0.1) is 0 Å². The van der Waals surface area contributed by atoms with Gasteiger partial charge >= 0.3 is 0 Å². The van der Waals surface area contributed by atoms with Crippen molar-refractivity contribution in [3.63, 3.8) is 0 Å². The highest BCUT2D eigenvalue weighted by Gasteiger charge is 2.18. The molecule has 20 heavy (non-hydrogen) atoms. The number of amides is 2. The monoisotopic (exact) mass is 426 g/mol. The molecule has 6 nitrogen and oxygen atoms in total. The van der Waals surface area contributed by atoms with Crippen LogP contribution >= 0.6 is 31.9 Å². The Morgan fingerprint density at radius 3 is 2.15 bits per heavy atom. The largest absolute Gasteiger partial charge is 0.325 e. The van der Waals surface area contributed by atoms with Gasteiger partial charge in [-0.25, -0.2) is 8.42 Å². The van der Waals surface area contributed by atoms with E-state index in [1.54, 1.807) is 16.9 Å². The molecule has 2 amide bonds. The molecule has 0 aliphatic carbocycles. The van der Waals surface area contributed by atoms with E-state index in [-0.39, 0.29) is 0 Å². The number of sulfonamides is 1. The van der Waals surface area contributed by atoms with Gasteiger partial charge in [0.15, 0.2) is 0 Å². The van der Waals surface area contributed by atoms with Crippen LogP contribution in [0.1, 0.15) is 12.5 Å². The summed E-state index contributed by atoms with van der Waals surface area (Å²) >= 11 is 6.65. The fourth-order valence-electron chi connectivity index (χ4n) is 1.34. The Balaban J connectivity index is 2.80. The third-order valence-electron chi connectivity index (χ3n) is 2.19. The second-order valence-corrected chi connectivity index (χ2v) is 7.46. The molecule has 0 unspecified atom stereocenters. The summed E-state index contributed by atoms with van der Waals surface area (Å²) in [6, 6.07) is 3.31. The zero-order valence-electron chi connectivity index (χ0n) is 10.7. The Kier molecular flexibility index (Phi) is 5.72. The lowest BCUT2D eigenvalue weighted by Gasteiger charge is -2.09. The van der Waals surface area contributed by atoms with Gasteiger partial charge in [-0.3, -0.25) is 14.3 Å². The van der Waals surface area contributed by atoms with Gasteiger partial charge in [0.2, 0.25) is 21.8 Å². The van der Waals surface area contributed by atoms with E-state index >= 15 is 0 Å². The summed E-state index contributed by atoms with van der Waals surface area (Å²) in [5, 5.41) is 2.45. The van der Waals surface area contributed by atoms with E-state index in [1.807, 2.05) is 6.92 Å². The first-order chi connectivity index (χ1) is 9.10. The number of hydrogen-bond donors (Lipinski definition) is 2. The van der Waals surface area contributed by atoms with Gasteiger partial charge in [-0.1, -0.05) is 31.9 Å². The molecule has 0 aliphatic heterocycles. The minimum absolute atomic E-state index is 0.442. The van der Waals surface area contributed by atoms with Crippen LogP contribution in [0.5, 0.6) is 0 Å². The Morgan fingerprint density at radius 1 is 1.20 bits per heavy atom. The number of rotatable bonds is 4. The van der Waals surface area contributed by atoms with Gasteiger partial charge in [0, 0.05) is 21.6 Å². The molecule has 1 aromatic carbocycles. The standard InChI is InChI=1S/C11H12Br2N2O4S/c1-6-9(12)3-8(4-10(6)13)14-11(17)5-20(18,19)15-7(2)16/h3-4H,5H2,1-2H3,(H,14,17)(H,15,16). The van der Waals surface area contributed by atoms with Gasteiger partial charge in [-0.05, 0) is 24.6 Å². The normalized spacial score (nSPS) is 11.0. The average Bonchev–Trinajstić information content (AvgIpc) is 2.22. The summed E-state index contributed by atoms with van der Waals surface area (Å²) in [6.07, 6.45) is 0. The maximum atomic E-state index is 11.6. The minimum Gasteiger partial charge on any atom is -0.325 e. The van der Waals surface area contributed by atoms with Crippen molar-refractivity contribution in [1.82, 2.24) is 4.72 Å². The highest BCUT2D eigenvalue weighted by molar-refractivity contribution is 9.11. The van der Waals surface area contributed by atoms with Crippen molar-refractivity contribution < 1.29 is 18.0 Å². The zero-order valence-corrected chi connectivity index (χ0v) is 14.6. The molecular weight excluding hydrogens is 416 g/mol. The van der Waals surface area contributed by atoms with Crippen LogP contribution in [-0.4, -0.2) is 26.0 Å². The van der Waals surface area contributed by atoms with Crippen LogP contribution in [0.25, 0.3) is 0 Å². The molecule has 0 saturated heterocycles. The molecule has 0 bridgehead atoms. The molecule has 1 rings (SSSR count). The lowest BCUT2D eigenvalue weighted by Crippen LogP contribution is -2.35. The minimum atomic E-state index is -3.96. The number of hydrogen-bond acceptors (Lipinski definition) is 4.